The van der Waals surface area contributed by atoms with Gasteiger partial charge in [0, 0.05) is 59.8 Å². The molecule has 0 fully saturated rings. The first kappa shape index (κ1) is 58.1. The number of nitrogens with two attached hydrogens (primary N) is 2. The van der Waals surface area contributed by atoms with Gasteiger partial charge in [-0.15, -0.1) is 0 Å². The first-order valence-corrected chi connectivity index (χ1v) is 16.0. The molecule has 0 aromatic carbocycles. The fourth-order valence-corrected chi connectivity index (χ4v) is 3.33. The molecule has 3 unspecified atom stereocenters. The molecule has 300 valence electrons. The van der Waals surface area contributed by atoms with Crippen LogP contribution in [0, 0.1) is 10.1 Å². The molecule has 0 radical (unpaired) electrons. The average molecular weight is 835 g/mol. The zero-order valence-corrected chi connectivity index (χ0v) is 35.4. The Morgan fingerprint density at radius 3 is 1.84 bits per heavy atom. The minimum absolute atomic E-state index is 0. The van der Waals surface area contributed by atoms with Crippen LogP contribution in [0.4, 0.5) is 17.8 Å². The summed E-state index contributed by atoms with van der Waals surface area (Å²) >= 11 is 0. The number of aromatic amines is 4. The number of carboxylic acid groups (broad SMARTS) is 3. The number of imidazole rings is 4. The minimum Gasteiger partial charge on any atom is -0.616 e. The standard InChI is InChI=1S/C7H13N4O2P.C5H7N3O2.C5H10N3OP.C5H6N2O2.C5H9NO2.Li.HNO2.Na/c8-5(6(12)13)2-1-4-3-9-7(10-4)11-14;6-5-7-2-3(8-5)1-4(9)10;9-2-1-4-3-6-5(7-4)8-10;8-5(9)1-4-2-6-3-7-4;1-3-6-4-5(7)8-2;;2-1-3;/h3,5H,1-2,8,14H2,(H,12,13)(H2,9,10,11);2H,1H2,(H,9,10)(H3,6,7,8);3,9H,1-2,10H2,(H2,6,7,8);2-3H,1H2,(H,6,7)(H,8,9);3-4,7H,1-2H3;;1H;/q;;;;;+1;;+1/b;;;;5-4+,6-3?;;;. The molecule has 29 heteroatoms. The minimum atomic E-state index is -0.978. The Bertz CT molecular complexity index is 1670. The second kappa shape index (κ2) is 37.4. The summed E-state index contributed by atoms with van der Waals surface area (Å²) in [5, 5.41) is 57.7. The molecule has 56 heavy (non-hydrogen) atoms. The number of nitrogens with one attached hydrogen (secondary N) is 7. The van der Waals surface area contributed by atoms with Crippen molar-refractivity contribution in [3.63, 3.8) is 0 Å². The molecule has 0 spiro atoms. The van der Waals surface area contributed by atoms with Crippen LogP contribution in [0.15, 0.2) is 48.3 Å². The van der Waals surface area contributed by atoms with Crippen molar-refractivity contribution in [2.24, 2.45) is 10.7 Å². The molecule has 4 heterocycles. The van der Waals surface area contributed by atoms with E-state index >= 15 is 0 Å². The van der Waals surface area contributed by atoms with Gasteiger partial charge in [0.1, 0.15) is 6.04 Å². The summed E-state index contributed by atoms with van der Waals surface area (Å²) in [5.74, 6) is -1.57. The summed E-state index contributed by atoms with van der Waals surface area (Å²) in [6, 6.07) is -0.814. The normalized spacial score (nSPS) is 10.1. The van der Waals surface area contributed by atoms with Gasteiger partial charge < -0.3 is 71.8 Å². The van der Waals surface area contributed by atoms with Gasteiger partial charge in [-0.1, -0.05) is 0 Å². The number of aliphatic hydroxyl groups is 1. The SMILES string of the molecule is CC=N/C=C(\[O-])OC.NC(CCc1cnc(NP)[nH]1)C(=O)O.Nc1ncc(CC(=O)O)[nH]1.O=C(O)Cc1cnc[nH]1.O=[NH+][O-].OCCc1cnc(NP)[nH]1.[H+].[Li+].[Na+]. The third kappa shape index (κ3) is 32.8. The Morgan fingerprint density at radius 2 is 1.48 bits per heavy atom. The molecule has 4 aromatic rings. The Hall–Kier alpha value is -4.56. The van der Waals surface area contributed by atoms with Crippen LogP contribution in [0.1, 0.15) is 37.5 Å². The monoisotopic (exact) mass is 834 g/mol. The quantitative estimate of drug-likeness (QED) is 0.0140. The van der Waals surface area contributed by atoms with Crippen molar-refractivity contribution in [1.29, 1.82) is 0 Å². The van der Waals surface area contributed by atoms with E-state index in [1.807, 2.05) is 0 Å². The molecule has 4 aromatic heterocycles. The van der Waals surface area contributed by atoms with Gasteiger partial charge in [0.25, 0.3) is 0 Å². The first-order valence-electron chi connectivity index (χ1n) is 14.9. The second-order valence-electron chi connectivity index (χ2n) is 9.41. The number of H-pyrrole nitrogens is 4. The van der Waals surface area contributed by atoms with Gasteiger partial charge in [-0.05, 0) is 45.7 Å². The van der Waals surface area contributed by atoms with Crippen LogP contribution >= 0.6 is 18.8 Å². The van der Waals surface area contributed by atoms with Gasteiger partial charge >= 0.3 is 67.8 Å². The van der Waals surface area contributed by atoms with E-state index in [0.29, 0.717) is 42.5 Å². The summed E-state index contributed by atoms with van der Waals surface area (Å²) in [6.45, 7) is 1.87. The van der Waals surface area contributed by atoms with Gasteiger partial charge in [0.15, 0.2) is 5.95 Å². The molecule has 0 aliphatic heterocycles. The first-order chi connectivity index (χ1) is 25.7. The van der Waals surface area contributed by atoms with E-state index in [2.05, 4.69) is 78.6 Å². The van der Waals surface area contributed by atoms with Gasteiger partial charge in [-0.25, -0.2) is 19.9 Å². The second-order valence-corrected chi connectivity index (χ2v) is 9.99. The van der Waals surface area contributed by atoms with E-state index in [4.69, 9.17) is 42.0 Å². The predicted octanol–water partition coefficient (Wildman–Crippen LogP) is -7.91. The zero-order chi connectivity index (χ0) is 41.3. The van der Waals surface area contributed by atoms with Crippen LogP contribution in [0.3, 0.4) is 0 Å². The molecule has 0 amide bonds. The summed E-state index contributed by atoms with van der Waals surface area (Å²) < 4.78 is 4.24. The van der Waals surface area contributed by atoms with Gasteiger partial charge in [-0.3, -0.25) is 29.5 Å². The number of carbonyl (C=O) groups is 3. The number of aromatic nitrogens is 8. The van der Waals surface area contributed by atoms with E-state index < -0.39 is 29.9 Å². The van der Waals surface area contributed by atoms with E-state index in [0.717, 1.165) is 17.6 Å². The average Bonchev–Trinajstić information content (AvgIpc) is 3.97. The Kier molecular flexibility index (Phi) is 38.8. The third-order valence-corrected chi connectivity index (χ3v) is 5.92. The van der Waals surface area contributed by atoms with Crippen molar-refractivity contribution in [3.05, 3.63) is 76.1 Å². The third-order valence-electron chi connectivity index (χ3n) is 5.37. The van der Waals surface area contributed by atoms with Crippen LogP contribution in [-0.2, 0) is 44.8 Å². The van der Waals surface area contributed by atoms with Crippen LogP contribution in [0.2, 0.25) is 0 Å². The van der Waals surface area contributed by atoms with Crippen molar-refractivity contribution >= 4 is 60.7 Å². The van der Waals surface area contributed by atoms with Gasteiger partial charge in [0.05, 0.1) is 43.7 Å². The molecule has 3 atom stereocenters. The summed E-state index contributed by atoms with van der Waals surface area (Å²) in [7, 11) is 5.96. The van der Waals surface area contributed by atoms with Crippen LogP contribution < -0.4 is 80.5 Å². The number of aliphatic imine (C=N–C) groups is 1. The van der Waals surface area contributed by atoms with Crippen LogP contribution in [0.5, 0.6) is 0 Å². The maximum atomic E-state index is 10.4. The molecule has 15 N–H and O–H groups in total. The number of rotatable bonds is 14. The van der Waals surface area contributed by atoms with E-state index in [-0.39, 0.29) is 80.6 Å². The van der Waals surface area contributed by atoms with Crippen molar-refractivity contribution in [3.8, 4) is 0 Å². The Labute approximate surface area is 360 Å². The predicted molar refractivity (Wildman–Crippen MR) is 201 cm³/mol. The fraction of sp³-hybridized carbons (Fsp3) is 0.333. The fourth-order valence-electron chi connectivity index (χ4n) is 3.04. The van der Waals surface area contributed by atoms with Crippen molar-refractivity contribution in [2.45, 2.75) is 45.1 Å². The number of aliphatic hydroxyl groups excluding tert-OH is 1. The molecule has 4 rings (SSSR count). The van der Waals surface area contributed by atoms with Crippen molar-refractivity contribution in [2.75, 3.05) is 29.6 Å². The van der Waals surface area contributed by atoms with E-state index in [9.17, 15) is 19.5 Å². The number of carboxylic acids is 3. The molecule has 0 saturated carbocycles. The molecule has 25 nitrogen and oxygen atoms in total. The number of anilines is 3. The molecular formula is C27H46LiN14NaO11P2+2. The molecule has 0 saturated heterocycles. The maximum Gasteiger partial charge on any atom is 1.00 e. The maximum absolute atomic E-state index is 10.4. The summed E-state index contributed by atoms with van der Waals surface area (Å²) in [6.07, 6.45) is 11.9. The van der Waals surface area contributed by atoms with Gasteiger partial charge in [0.2, 0.25) is 11.9 Å². The smallest absolute Gasteiger partial charge is 0.616 e. The van der Waals surface area contributed by atoms with Crippen LogP contribution in [0.25, 0.3) is 0 Å². The topological polar surface area (TPSA) is 422 Å². The zero-order valence-electron chi connectivity index (χ0n) is 32.1. The van der Waals surface area contributed by atoms with E-state index in [1.54, 1.807) is 19.3 Å². The largest absolute Gasteiger partial charge is 1.00 e. The number of methoxy groups -OCH3 is 1. The summed E-state index contributed by atoms with van der Waals surface area (Å²) in [4.78, 5) is 68.6. The molecule has 0 bridgehead atoms. The number of ether oxygens (including phenoxy) is 1. The number of aryl methyl sites for hydroxylation is 1. The number of hydrogen-bond donors (Lipinski definition) is 13. The number of nitrogens with zero attached hydrogens (tertiary/aromatic N) is 5. The molecular weight excluding hydrogens is 788 g/mol. The van der Waals surface area contributed by atoms with E-state index in [1.165, 1.54) is 32.0 Å². The molecule has 0 aliphatic rings. The Balaban J connectivity index is -0.000000194. The van der Waals surface area contributed by atoms with Gasteiger partial charge in [-0.2, -0.15) is 0 Å². The van der Waals surface area contributed by atoms with Crippen molar-refractivity contribution < 1.29 is 99.8 Å². The molecule has 0 aliphatic carbocycles. The van der Waals surface area contributed by atoms with Crippen molar-refractivity contribution in [1.82, 2.24) is 39.9 Å². The Morgan fingerprint density at radius 1 is 0.982 bits per heavy atom. The van der Waals surface area contributed by atoms with Crippen LogP contribution in [-0.4, -0.2) is 104 Å². The number of aliphatic carboxylic acids is 3. The summed E-state index contributed by atoms with van der Waals surface area (Å²) in [5.41, 5.74) is 13.5. The number of nitrogen functional groups attached to an aromatic ring is 1. The number of hydrogen-bond acceptors (Lipinski definition) is 17.